The number of benzene rings is 2. The molecule has 0 atom stereocenters. The van der Waals surface area contributed by atoms with Crippen molar-refractivity contribution in [3.8, 4) is 0 Å². The summed E-state index contributed by atoms with van der Waals surface area (Å²) >= 11 is 0. The number of amides is 1. The van der Waals surface area contributed by atoms with Gasteiger partial charge in [-0.1, -0.05) is 30.8 Å². The zero-order valence-electron chi connectivity index (χ0n) is 13.5. The molecule has 116 valence electrons. The van der Waals surface area contributed by atoms with Crippen LogP contribution >= 0.6 is 0 Å². The molecule has 2 aromatic carbocycles. The molecule has 22 heavy (non-hydrogen) atoms. The number of nitrogens with zero attached hydrogens (tertiary/aromatic N) is 2. The van der Waals surface area contributed by atoms with Crippen molar-refractivity contribution in [3.63, 3.8) is 0 Å². The number of rotatable bonds is 6. The maximum absolute atomic E-state index is 12.8. The smallest absolute Gasteiger partial charge is 0.256 e. The van der Waals surface area contributed by atoms with Crippen LogP contribution in [0.15, 0.2) is 48.5 Å². The van der Waals surface area contributed by atoms with E-state index in [9.17, 15) is 4.79 Å². The first-order valence-corrected chi connectivity index (χ1v) is 7.64. The molecule has 0 aliphatic rings. The van der Waals surface area contributed by atoms with Crippen LogP contribution in [0.2, 0.25) is 0 Å². The average Bonchev–Trinajstić information content (AvgIpc) is 2.52. The van der Waals surface area contributed by atoms with Crippen molar-refractivity contribution >= 4 is 11.6 Å². The minimum Gasteiger partial charge on any atom is -0.332 e. The second kappa shape index (κ2) is 7.76. The normalized spacial score (nSPS) is 10.7. The van der Waals surface area contributed by atoms with Crippen molar-refractivity contribution in [2.45, 2.75) is 19.9 Å². The van der Waals surface area contributed by atoms with Crippen molar-refractivity contribution in [2.24, 2.45) is 0 Å². The summed E-state index contributed by atoms with van der Waals surface area (Å²) in [4.78, 5) is 16.7. The van der Waals surface area contributed by atoms with E-state index in [0.29, 0.717) is 12.1 Å². The third-order valence-electron chi connectivity index (χ3n) is 3.33. The molecule has 0 radical (unpaired) electrons. The Kier molecular flexibility index (Phi) is 5.73. The zero-order chi connectivity index (χ0) is 15.9. The van der Waals surface area contributed by atoms with E-state index < -0.39 is 0 Å². The summed E-state index contributed by atoms with van der Waals surface area (Å²) in [6.45, 7) is 3.58. The molecular formula is C19H23N2O-. The fraction of sp³-hybridized carbons (Fsp3) is 0.316. The summed E-state index contributed by atoms with van der Waals surface area (Å²) < 4.78 is 0. The molecule has 0 aliphatic heterocycles. The summed E-state index contributed by atoms with van der Waals surface area (Å²) in [6.07, 6.45) is 0.907. The van der Waals surface area contributed by atoms with Crippen molar-refractivity contribution in [1.82, 2.24) is 4.90 Å². The van der Waals surface area contributed by atoms with Gasteiger partial charge in [-0.2, -0.15) is 18.2 Å². The second-order valence-corrected chi connectivity index (χ2v) is 5.62. The Balaban J connectivity index is 2.29. The molecule has 2 aromatic rings. The van der Waals surface area contributed by atoms with Crippen LogP contribution in [-0.4, -0.2) is 31.4 Å². The Morgan fingerprint density at radius 1 is 1.05 bits per heavy atom. The third kappa shape index (κ3) is 4.18. The average molecular weight is 295 g/mol. The second-order valence-electron chi connectivity index (χ2n) is 5.62. The lowest BCUT2D eigenvalue weighted by Gasteiger charge is -2.28. The third-order valence-corrected chi connectivity index (χ3v) is 3.33. The number of carbonyl (C=O) groups excluding carboxylic acids is 1. The Bertz CT molecular complexity index is 608. The minimum absolute atomic E-state index is 0.0284. The molecule has 0 saturated carbocycles. The molecule has 0 spiro atoms. The maximum Gasteiger partial charge on any atom is 0.256 e. The van der Waals surface area contributed by atoms with E-state index in [-0.39, 0.29) is 5.91 Å². The van der Waals surface area contributed by atoms with Gasteiger partial charge in [-0.05, 0) is 32.6 Å². The first-order valence-electron chi connectivity index (χ1n) is 7.64. The van der Waals surface area contributed by atoms with Crippen LogP contribution in [0.4, 0.5) is 5.69 Å². The van der Waals surface area contributed by atoms with Crippen molar-refractivity contribution in [3.05, 3.63) is 65.7 Å². The van der Waals surface area contributed by atoms with E-state index in [0.717, 1.165) is 24.2 Å². The maximum atomic E-state index is 12.8. The van der Waals surface area contributed by atoms with Gasteiger partial charge in [0, 0.05) is 18.7 Å². The van der Waals surface area contributed by atoms with Crippen molar-refractivity contribution in [1.29, 1.82) is 0 Å². The Morgan fingerprint density at radius 3 is 2.41 bits per heavy atom. The van der Waals surface area contributed by atoms with Gasteiger partial charge in [0.25, 0.3) is 5.91 Å². The molecule has 0 unspecified atom stereocenters. The molecule has 0 aliphatic carbocycles. The molecular weight excluding hydrogens is 272 g/mol. The van der Waals surface area contributed by atoms with E-state index in [4.69, 9.17) is 0 Å². The van der Waals surface area contributed by atoms with Crippen LogP contribution in [0.5, 0.6) is 0 Å². The highest BCUT2D eigenvalue weighted by Crippen LogP contribution is 2.19. The lowest BCUT2D eigenvalue weighted by molar-refractivity contribution is 0.0987. The van der Waals surface area contributed by atoms with Gasteiger partial charge in [0.05, 0.1) is 0 Å². The Morgan fingerprint density at radius 2 is 1.77 bits per heavy atom. The number of anilines is 1. The molecule has 1 amide bonds. The van der Waals surface area contributed by atoms with E-state index >= 15 is 0 Å². The standard InChI is InChI=1S/C19H23N2O/c1-4-13-21(19(22)17-10-6-5-7-11-17)18-12-8-9-16(14-18)15-20(2)3/h5-12H,4,13,15H2,1-3H3/q-1. The number of carbonyl (C=O) groups is 1. The largest absolute Gasteiger partial charge is 0.332 e. The fourth-order valence-corrected chi connectivity index (χ4v) is 2.39. The summed E-state index contributed by atoms with van der Waals surface area (Å²) in [5, 5.41) is 0. The number of hydrogen-bond acceptors (Lipinski definition) is 2. The SMILES string of the molecule is CCCN(C(=O)c1ccccc1)c1[c-]c(CN(C)C)ccc1. The van der Waals surface area contributed by atoms with Crippen molar-refractivity contribution in [2.75, 3.05) is 25.5 Å². The van der Waals surface area contributed by atoms with Gasteiger partial charge in [-0.15, -0.1) is 11.6 Å². The first-order chi connectivity index (χ1) is 10.6. The van der Waals surface area contributed by atoms with Gasteiger partial charge in [0.1, 0.15) is 0 Å². The molecule has 0 saturated heterocycles. The van der Waals surface area contributed by atoms with E-state index in [1.54, 1.807) is 0 Å². The topological polar surface area (TPSA) is 23.6 Å². The molecule has 0 bridgehead atoms. The summed E-state index contributed by atoms with van der Waals surface area (Å²) in [6, 6.07) is 18.8. The lowest BCUT2D eigenvalue weighted by Crippen LogP contribution is -2.31. The van der Waals surface area contributed by atoms with E-state index in [1.807, 2.05) is 67.5 Å². The van der Waals surface area contributed by atoms with Crippen LogP contribution in [0, 0.1) is 6.07 Å². The molecule has 0 N–H and O–H groups in total. The summed E-state index contributed by atoms with van der Waals surface area (Å²) in [7, 11) is 4.05. The van der Waals surface area contributed by atoms with Gasteiger partial charge in [0.2, 0.25) is 0 Å². The molecule has 0 heterocycles. The fourth-order valence-electron chi connectivity index (χ4n) is 2.39. The van der Waals surface area contributed by atoms with Gasteiger partial charge in [-0.25, -0.2) is 0 Å². The summed E-state index contributed by atoms with van der Waals surface area (Å²) in [5.74, 6) is 0.0284. The van der Waals surface area contributed by atoms with Crippen LogP contribution in [0.1, 0.15) is 29.3 Å². The zero-order valence-corrected chi connectivity index (χ0v) is 13.5. The van der Waals surface area contributed by atoms with Gasteiger partial charge >= 0.3 is 0 Å². The predicted molar refractivity (Wildman–Crippen MR) is 91.1 cm³/mol. The Labute approximate surface area is 133 Å². The molecule has 3 nitrogen and oxygen atoms in total. The molecule has 0 fully saturated rings. The van der Waals surface area contributed by atoms with Crippen LogP contribution in [0.25, 0.3) is 0 Å². The highest BCUT2D eigenvalue weighted by Gasteiger charge is 2.14. The van der Waals surface area contributed by atoms with Crippen molar-refractivity contribution < 1.29 is 4.79 Å². The lowest BCUT2D eigenvalue weighted by atomic mass is 10.1. The predicted octanol–water partition coefficient (Wildman–Crippen LogP) is 3.61. The van der Waals surface area contributed by atoms with E-state index in [1.165, 1.54) is 0 Å². The van der Waals surface area contributed by atoms with E-state index in [2.05, 4.69) is 17.9 Å². The van der Waals surface area contributed by atoms with Crippen LogP contribution in [-0.2, 0) is 6.54 Å². The highest BCUT2D eigenvalue weighted by atomic mass is 16.2. The molecule has 2 rings (SSSR count). The first kappa shape index (κ1) is 16.2. The quantitative estimate of drug-likeness (QED) is 0.760. The molecule has 0 aromatic heterocycles. The number of hydrogen-bond donors (Lipinski definition) is 0. The monoisotopic (exact) mass is 295 g/mol. The van der Waals surface area contributed by atoms with Gasteiger partial charge in [0.15, 0.2) is 0 Å². The summed E-state index contributed by atoms with van der Waals surface area (Å²) in [5.41, 5.74) is 2.64. The van der Waals surface area contributed by atoms with Crippen LogP contribution < -0.4 is 4.90 Å². The minimum atomic E-state index is 0.0284. The highest BCUT2D eigenvalue weighted by molar-refractivity contribution is 6.06. The van der Waals surface area contributed by atoms with Gasteiger partial charge in [-0.3, -0.25) is 4.79 Å². The molecule has 3 heteroatoms. The Hall–Kier alpha value is -2.13. The van der Waals surface area contributed by atoms with Gasteiger partial charge < -0.3 is 9.80 Å². The van der Waals surface area contributed by atoms with Crippen LogP contribution in [0.3, 0.4) is 0 Å².